The van der Waals surface area contributed by atoms with Crippen LogP contribution in [0.3, 0.4) is 0 Å². The van der Waals surface area contributed by atoms with Crippen molar-refractivity contribution in [3.63, 3.8) is 0 Å². The molecule has 0 aliphatic heterocycles. The second-order valence-corrected chi connectivity index (χ2v) is 6.47. The number of ether oxygens (including phenoxy) is 1. The van der Waals surface area contributed by atoms with Crippen LogP contribution >= 0.6 is 23.2 Å². The zero-order chi connectivity index (χ0) is 16.1. The van der Waals surface area contributed by atoms with Crippen molar-refractivity contribution >= 4 is 28.9 Å². The zero-order valence-corrected chi connectivity index (χ0v) is 14.6. The highest BCUT2D eigenvalue weighted by Gasteiger charge is 2.10. The van der Waals surface area contributed by atoms with Crippen LogP contribution in [0.2, 0.25) is 10.0 Å². The third kappa shape index (κ3) is 4.56. The quantitative estimate of drug-likeness (QED) is 0.698. The Labute approximate surface area is 142 Å². The smallest absolute Gasteiger partial charge is 0.138 e. The summed E-state index contributed by atoms with van der Waals surface area (Å²) in [6.45, 7) is 7.08. The lowest BCUT2D eigenvalue weighted by Crippen LogP contribution is -2.23. The summed E-state index contributed by atoms with van der Waals surface area (Å²) >= 11 is 12.0. The molecule has 0 aliphatic carbocycles. The summed E-state index contributed by atoms with van der Waals surface area (Å²) in [7, 11) is 0. The first-order chi connectivity index (χ1) is 10.5. The zero-order valence-electron chi connectivity index (χ0n) is 13.1. The lowest BCUT2D eigenvalue weighted by atomic mass is 10.0. The Kier molecular flexibility index (Phi) is 5.98. The van der Waals surface area contributed by atoms with Gasteiger partial charge in [0.05, 0.1) is 11.6 Å². The van der Waals surface area contributed by atoms with E-state index in [-0.39, 0.29) is 6.10 Å². The third-order valence-corrected chi connectivity index (χ3v) is 3.92. The van der Waals surface area contributed by atoms with E-state index in [0.717, 1.165) is 5.69 Å². The number of benzene rings is 2. The van der Waals surface area contributed by atoms with Gasteiger partial charge in [-0.3, -0.25) is 0 Å². The lowest BCUT2D eigenvalue weighted by Gasteiger charge is -2.19. The standard InChI is InChI=1S/C18H21Cl2NO/c1-12(2)15-6-4-5-7-17(15)21-11-13(3)22-18-9-8-14(19)10-16(18)20/h4-10,12-13,21H,11H2,1-3H3. The van der Waals surface area contributed by atoms with Crippen molar-refractivity contribution in [1.82, 2.24) is 0 Å². The second kappa shape index (κ2) is 7.75. The fourth-order valence-electron chi connectivity index (χ4n) is 2.24. The average molecular weight is 338 g/mol. The molecule has 1 N–H and O–H groups in total. The van der Waals surface area contributed by atoms with Gasteiger partial charge >= 0.3 is 0 Å². The van der Waals surface area contributed by atoms with Gasteiger partial charge in [0.1, 0.15) is 11.9 Å². The van der Waals surface area contributed by atoms with Crippen molar-refractivity contribution < 1.29 is 4.74 Å². The van der Waals surface area contributed by atoms with Crippen LogP contribution in [0.5, 0.6) is 5.75 Å². The molecule has 0 amide bonds. The Hall–Kier alpha value is -1.38. The van der Waals surface area contributed by atoms with Crippen molar-refractivity contribution in [3.8, 4) is 5.75 Å². The van der Waals surface area contributed by atoms with E-state index < -0.39 is 0 Å². The van der Waals surface area contributed by atoms with E-state index >= 15 is 0 Å². The number of rotatable bonds is 6. The summed E-state index contributed by atoms with van der Waals surface area (Å²) in [4.78, 5) is 0. The van der Waals surface area contributed by atoms with Crippen LogP contribution in [0.1, 0.15) is 32.3 Å². The van der Waals surface area contributed by atoms with Crippen molar-refractivity contribution in [3.05, 3.63) is 58.1 Å². The van der Waals surface area contributed by atoms with E-state index in [4.69, 9.17) is 27.9 Å². The third-order valence-electron chi connectivity index (χ3n) is 3.38. The predicted molar refractivity (Wildman–Crippen MR) is 95.6 cm³/mol. The molecule has 1 atom stereocenters. The minimum absolute atomic E-state index is 0.0149. The van der Waals surface area contributed by atoms with Gasteiger partial charge < -0.3 is 10.1 Å². The fraction of sp³-hybridized carbons (Fsp3) is 0.333. The van der Waals surface area contributed by atoms with Crippen molar-refractivity contribution in [2.24, 2.45) is 0 Å². The maximum Gasteiger partial charge on any atom is 0.138 e. The van der Waals surface area contributed by atoms with E-state index in [2.05, 4.69) is 37.4 Å². The molecule has 4 heteroatoms. The largest absolute Gasteiger partial charge is 0.487 e. The highest BCUT2D eigenvalue weighted by atomic mass is 35.5. The molecule has 2 nitrogen and oxygen atoms in total. The molecule has 0 heterocycles. The summed E-state index contributed by atoms with van der Waals surface area (Å²) in [6, 6.07) is 13.6. The molecule has 2 aromatic rings. The maximum absolute atomic E-state index is 6.13. The molecular weight excluding hydrogens is 317 g/mol. The molecule has 0 aromatic heterocycles. The molecular formula is C18H21Cl2NO. The highest BCUT2D eigenvalue weighted by Crippen LogP contribution is 2.28. The van der Waals surface area contributed by atoms with Crippen molar-refractivity contribution in [2.45, 2.75) is 32.8 Å². The van der Waals surface area contributed by atoms with E-state index in [1.54, 1.807) is 18.2 Å². The Morgan fingerprint density at radius 2 is 1.77 bits per heavy atom. The number of hydrogen-bond donors (Lipinski definition) is 1. The van der Waals surface area contributed by atoms with Crippen LogP contribution in [0.4, 0.5) is 5.69 Å². The maximum atomic E-state index is 6.13. The summed E-state index contributed by atoms with van der Waals surface area (Å²) in [6.07, 6.45) is -0.0149. The highest BCUT2D eigenvalue weighted by molar-refractivity contribution is 6.35. The predicted octanol–water partition coefficient (Wildman–Crippen LogP) is 6.00. The number of hydrogen-bond acceptors (Lipinski definition) is 2. The topological polar surface area (TPSA) is 21.3 Å². The Morgan fingerprint density at radius 3 is 2.45 bits per heavy atom. The van der Waals surface area contributed by atoms with Gasteiger partial charge in [-0.15, -0.1) is 0 Å². The van der Waals surface area contributed by atoms with Crippen LogP contribution in [0.25, 0.3) is 0 Å². The molecule has 118 valence electrons. The first-order valence-corrected chi connectivity index (χ1v) is 8.17. The van der Waals surface area contributed by atoms with Gasteiger partial charge in [0.25, 0.3) is 0 Å². The Bertz CT molecular complexity index is 628. The van der Waals surface area contributed by atoms with Crippen LogP contribution in [0, 0.1) is 0 Å². The van der Waals surface area contributed by atoms with E-state index in [0.29, 0.717) is 28.3 Å². The second-order valence-electron chi connectivity index (χ2n) is 5.63. The number of halogens is 2. The molecule has 2 rings (SSSR count). The fourth-order valence-corrected chi connectivity index (χ4v) is 2.70. The molecule has 0 saturated heterocycles. The van der Waals surface area contributed by atoms with Gasteiger partial charge in [-0.05, 0) is 42.7 Å². The molecule has 0 fully saturated rings. The summed E-state index contributed by atoms with van der Waals surface area (Å²) in [5.41, 5.74) is 2.45. The van der Waals surface area contributed by atoms with Crippen molar-refractivity contribution in [1.29, 1.82) is 0 Å². The van der Waals surface area contributed by atoms with Gasteiger partial charge in [0.2, 0.25) is 0 Å². The number of nitrogens with one attached hydrogen (secondary N) is 1. The number of para-hydroxylation sites is 1. The van der Waals surface area contributed by atoms with Gasteiger partial charge in [0.15, 0.2) is 0 Å². The number of anilines is 1. The molecule has 0 bridgehead atoms. The van der Waals surface area contributed by atoms with Gasteiger partial charge in [-0.2, -0.15) is 0 Å². The summed E-state index contributed by atoms with van der Waals surface area (Å²) < 4.78 is 5.87. The first-order valence-electron chi connectivity index (χ1n) is 7.42. The minimum atomic E-state index is -0.0149. The average Bonchev–Trinajstić information content (AvgIpc) is 2.48. The minimum Gasteiger partial charge on any atom is -0.487 e. The van der Waals surface area contributed by atoms with Crippen molar-refractivity contribution in [2.75, 3.05) is 11.9 Å². The van der Waals surface area contributed by atoms with Gasteiger partial charge in [-0.1, -0.05) is 55.2 Å². The van der Waals surface area contributed by atoms with E-state index in [1.807, 2.05) is 13.0 Å². The van der Waals surface area contributed by atoms with Crippen LogP contribution in [0.15, 0.2) is 42.5 Å². The molecule has 0 radical (unpaired) electrons. The molecule has 0 aliphatic rings. The van der Waals surface area contributed by atoms with Gasteiger partial charge in [0, 0.05) is 10.7 Å². The Balaban J connectivity index is 1.97. The molecule has 0 saturated carbocycles. The van der Waals surface area contributed by atoms with E-state index in [1.165, 1.54) is 5.56 Å². The molecule has 1 unspecified atom stereocenters. The van der Waals surface area contributed by atoms with Crippen LogP contribution < -0.4 is 10.1 Å². The first kappa shape index (κ1) is 17.0. The van der Waals surface area contributed by atoms with Crippen LogP contribution in [-0.4, -0.2) is 12.6 Å². The molecule has 0 spiro atoms. The molecule has 2 aromatic carbocycles. The monoisotopic (exact) mass is 337 g/mol. The van der Waals surface area contributed by atoms with Gasteiger partial charge in [-0.25, -0.2) is 0 Å². The van der Waals surface area contributed by atoms with E-state index in [9.17, 15) is 0 Å². The lowest BCUT2D eigenvalue weighted by molar-refractivity contribution is 0.235. The normalized spacial score (nSPS) is 12.3. The summed E-state index contributed by atoms with van der Waals surface area (Å²) in [5, 5.41) is 4.59. The Morgan fingerprint density at radius 1 is 1.05 bits per heavy atom. The SMILES string of the molecule is CC(CNc1ccccc1C(C)C)Oc1ccc(Cl)cc1Cl. The summed E-state index contributed by atoms with van der Waals surface area (Å²) in [5.74, 6) is 1.13. The molecule has 22 heavy (non-hydrogen) atoms. The van der Waals surface area contributed by atoms with Crippen LogP contribution in [-0.2, 0) is 0 Å².